The van der Waals surface area contributed by atoms with Crippen LogP contribution >= 0.6 is 0 Å². The molecular formula is C23H30N4O3. The first-order chi connectivity index (χ1) is 14.6. The Morgan fingerprint density at radius 2 is 1.90 bits per heavy atom. The maximum atomic E-state index is 12.0. The Morgan fingerprint density at radius 3 is 2.67 bits per heavy atom. The number of benzene rings is 2. The van der Waals surface area contributed by atoms with Gasteiger partial charge in [-0.2, -0.15) is 0 Å². The predicted octanol–water partition coefficient (Wildman–Crippen LogP) is 3.14. The zero-order valence-electron chi connectivity index (χ0n) is 17.8. The van der Waals surface area contributed by atoms with E-state index in [0.29, 0.717) is 37.0 Å². The van der Waals surface area contributed by atoms with Crippen LogP contribution in [0.15, 0.2) is 53.5 Å². The maximum Gasteiger partial charge on any atom is 0.225 e. The van der Waals surface area contributed by atoms with E-state index in [1.807, 2.05) is 56.3 Å². The van der Waals surface area contributed by atoms with E-state index in [-0.39, 0.29) is 17.9 Å². The van der Waals surface area contributed by atoms with Gasteiger partial charge in [-0.15, -0.1) is 0 Å². The maximum absolute atomic E-state index is 12.0. The lowest BCUT2D eigenvalue weighted by molar-refractivity contribution is -0.116. The van der Waals surface area contributed by atoms with Crippen LogP contribution in [0.3, 0.4) is 0 Å². The standard InChI is InChI=1S/C23H30N4O3/c1-4-24-23(25-14-16(2)30-21-12-8-7-11-20(21)29-3)26-15-17-13-22(28)27-19-10-6-5-9-18(17)19/h5-12,16-17H,4,13-15H2,1-3H3,(H,27,28)(H2,24,25,26). The third-order valence-corrected chi connectivity index (χ3v) is 4.87. The minimum Gasteiger partial charge on any atom is -0.493 e. The molecule has 30 heavy (non-hydrogen) atoms. The molecular weight excluding hydrogens is 380 g/mol. The van der Waals surface area contributed by atoms with Crippen LogP contribution < -0.4 is 25.4 Å². The predicted molar refractivity (Wildman–Crippen MR) is 119 cm³/mol. The van der Waals surface area contributed by atoms with Crippen molar-refractivity contribution in [3.63, 3.8) is 0 Å². The summed E-state index contributed by atoms with van der Waals surface area (Å²) in [6, 6.07) is 15.5. The Morgan fingerprint density at radius 1 is 1.17 bits per heavy atom. The van der Waals surface area contributed by atoms with Gasteiger partial charge in [0.2, 0.25) is 5.91 Å². The van der Waals surface area contributed by atoms with Gasteiger partial charge < -0.3 is 25.4 Å². The Hall–Kier alpha value is -3.22. The number of ether oxygens (including phenoxy) is 2. The number of nitrogens with zero attached hydrogens (tertiary/aromatic N) is 1. The molecule has 0 aromatic heterocycles. The normalized spacial score (nSPS) is 16.8. The molecule has 0 aliphatic carbocycles. The second kappa shape index (κ2) is 10.5. The Labute approximate surface area is 177 Å². The number of anilines is 1. The van der Waals surface area contributed by atoms with Crippen molar-refractivity contribution < 1.29 is 14.3 Å². The average molecular weight is 411 g/mol. The smallest absolute Gasteiger partial charge is 0.225 e. The van der Waals surface area contributed by atoms with Crippen molar-refractivity contribution in [2.24, 2.45) is 4.99 Å². The summed E-state index contributed by atoms with van der Waals surface area (Å²) < 4.78 is 11.3. The van der Waals surface area contributed by atoms with Crippen LogP contribution in [0.4, 0.5) is 5.69 Å². The molecule has 0 saturated heterocycles. The van der Waals surface area contributed by atoms with Crippen molar-refractivity contribution in [1.29, 1.82) is 0 Å². The van der Waals surface area contributed by atoms with Crippen LogP contribution in [0, 0.1) is 0 Å². The summed E-state index contributed by atoms with van der Waals surface area (Å²) in [5, 5.41) is 9.57. The van der Waals surface area contributed by atoms with Crippen LogP contribution in [0.25, 0.3) is 0 Å². The van der Waals surface area contributed by atoms with Crippen LogP contribution in [-0.4, -0.2) is 44.7 Å². The molecule has 2 aromatic rings. The average Bonchev–Trinajstić information content (AvgIpc) is 2.75. The lowest BCUT2D eigenvalue weighted by Crippen LogP contribution is -2.41. The van der Waals surface area contributed by atoms with Gasteiger partial charge in [0.05, 0.1) is 13.7 Å². The van der Waals surface area contributed by atoms with Gasteiger partial charge in [-0.05, 0) is 37.6 Å². The van der Waals surface area contributed by atoms with Crippen LogP contribution in [-0.2, 0) is 4.79 Å². The highest BCUT2D eigenvalue weighted by Gasteiger charge is 2.24. The lowest BCUT2D eigenvalue weighted by atomic mass is 9.90. The zero-order valence-corrected chi connectivity index (χ0v) is 17.8. The number of amides is 1. The zero-order chi connectivity index (χ0) is 21.3. The van der Waals surface area contributed by atoms with Gasteiger partial charge in [0.1, 0.15) is 6.10 Å². The summed E-state index contributed by atoms with van der Waals surface area (Å²) in [6.07, 6.45) is 0.328. The van der Waals surface area contributed by atoms with Crippen molar-refractivity contribution in [2.75, 3.05) is 32.1 Å². The van der Waals surface area contributed by atoms with Crippen LogP contribution in [0.2, 0.25) is 0 Å². The molecule has 3 N–H and O–H groups in total. The van der Waals surface area contributed by atoms with Crippen molar-refractivity contribution in [2.45, 2.75) is 32.3 Å². The molecule has 0 radical (unpaired) electrons. The number of nitrogens with one attached hydrogen (secondary N) is 3. The Balaban J connectivity index is 1.60. The minimum atomic E-state index is -0.127. The number of hydrogen-bond donors (Lipinski definition) is 3. The molecule has 1 heterocycles. The molecule has 2 aromatic carbocycles. The number of para-hydroxylation sites is 3. The summed E-state index contributed by atoms with van der Waals surface area (Å²) in [4.78, 5) is 16.7. The molecule has 1 amide bonds. The van der Waals surface area contributed by atoms with Gasteiger partial charge in [-0.25, -0.2) is 4.99 Å². The summed E-state index contributed by atoms with van der Waals surface area (Å²) >= 11 is 0. The number of aliphatic imine (C=N–C) groups is 1. The quantitative estimate of drug-likeness (QED) is 0.460. The lowest BCUT2D eigenvalue weighted by Gasteiger charge is -2.26. The molecule has 0 saturated carbocycles. The number of carbonyl (C=O) groups is 1. The number of methoxy groups -OCH3 is 1. The third kappa shape index (κ3) is 5.65. The van der Waals surface area contributed by atoms with Crippen molar-refractivity contribution in [3.8, 4) is 11.5 Å². The highest BCUT2D eigenvalue weighted by atomic mass is 16.5. The van der Waals surface area contributed by atoms with E-state index in [0.717, 1.165) is 17.8 Å². The number of rotatable bonds is 8. The molecule has 1 aliphatic rings. The first-order valence-corrected chi connectivity index (χ1v) is 10.3. The summed E-state index contributed by atoms with van der Waals surface area (Å²) in [5.74, 6) is 2.25. The van der Waals surface area contributed by atoms with Gasteiger partial charge in [-0.3, -0.25) is 4.79 Å². The molecule has 3 rings (SSSR count). The fourth-order valence-corrected chi connectivity index (χ4v) is 3.44. The second-order valence-corrected chi connectivity index (χ2v) is 7.22. The van der Waals surface area contributed by atoms with E-state index >= 15 is 0 Å². The van der Waals surface area contributed by atoms with Gasteiger partial charge in [0.15, 0.2) is 17.5 Å². The van der Waals surface area contributed by atoms with E-state index < -0.39 is 0 Å². The number of hydrogen-bond acceptors (Lipinski definition) is 4. The van der Waals surface area contributed by atoms with Gasteiger partial charge in [-0.1, -0.05) is 30.3 Å². The SMILES string of the molecule is CCNC(=NCC(C)Oc1ccccc1OC)NCC1CC(=O)Nc2ccccc21. The van der Waals surface area contributed by atoms with Crippen molar-refractivity contribution in [1.82, 2.24) is 10.6 Å². The van der Waals surface area contributed by atoms with E-state index in [9.17, 15) is 4.79 Å². The fraction of sp³-hybridized carbons (Fsp3) is 0.391. The van der Waals surface area contributed by atoms with Gasteiger partial charge >= 0.3 is 0 Å². The molecule has 7 nitrogen and oxygen atoms in total. The molecule has 0 bridgehead atoms. The largest absolute Gasteiger partial charge is 0.493 e. The van der Waals surface area contributed by atoms with Crippen molar-refractivity contribution in [3.05, 3.63) is 54.1 Å². The molecule has 2 atom stereocenters. The minimum absolute atomic E-state index is 0.0428. The highest BCUT2D eigenvalue weighted by Crippen LogP contribution is 2.31. The van der Waals surface area contributed by atoms with Gasteiger partial charge in [0.25, 0.3) is 0 Å². The van der Waals surface area contributed by atoms with Crippen LogP contribution in [0.1, 0.15) is 31.7 Å². The Bertz CT molecular complexity index is 884. The fourth-order valence-electron chi connectivity index (χ4n) is 3.44. The molecule has 160 valence electrons. The highest BCUT2D eigenvalue weighted by molar-refractivity contribution is 5.94. The molecule has 1 aliphatic heterocycles. The van der Waals surface area contributed by atoms with Crippen LogP contribution in [0.5, 0.6) is 11.5 Å². The molecule has 7 heteroatoms. The first kappa shape index (κ1) is 21.5. The summed E-state index contributed by atoms with van der Waals surface area (Å²) in [6.45, 7) is 5.85. The van der Waals surface area contributed by atoms with Crippen molar-refractivity contribution >= 4 is 17.6 Å². The second-order valence-electron chi connectivity index (χ2n) is 7.22. The van der Waals surface area contributed by atoms with E-state index in [2.05, 4.69) is 27.0 Å². The third-order valence-electron chi connectivity index (χ3n) is 4.87. The number of guanidine groups is 1. The number of carbonyl (C=O) groups excluding carboxylic acids is 1. The Kier molecular flexibility index (Phi) is 7.54. The summed E-state index contributed by atoms with van der Waals surface area (Å²) in [7, 11) is 1.63. The summed E-state index contributed by atoms with van der Waals surface area (Å²) in [5.41, 5.74) is 2.04. The first-order valence-electron chi connectivity index (χ1n) is 10.3. The monoisotopic (exact) mass is 410 g/mol. The number of fused-ring (bicyclic) bond motifs is 1. The van der Waals surface area contributed by atoms with Gasteiger partial charge in [0, 0.05) is 31.1 Å². The molecule has 2 unspecified atom stereocenters. The topological polar surface area (TPSA) is 84.0 Å². The van der Waals surface area contributed by atoms with E-state index in [1.54, 1.807) is 7.11 Å². The van der Waals surface area contributed by atoms with E-state index in [4.69, 9.17) is 9.47 Å². The molecule has 0 fully saturated rings. The molecule has 0 spiro atoms. The van der Waals surface area contributed by atoms with E-state index in [1.165, 1.54) is 0 Å².